The van der Waals surface area contributed by atoms with Gasteiger partial charge in [0.1, 0.15) is 18.5 Å². The Balaban J connectivity index is 1.16. The summed E-state index contributed by atoms with van der Waals surface area (Å²) in [5.41, 5.74) is 3.97. The monoisotopic (exact) mass is 420 g/mol. The van der Waals surface area contributed by atoms with Gasteiger partial charge in [0.05, 0.1) is 0 Å². The van der Waals surface area contributed by atoms with E-state index in [1.165, 1.54) is 16.7 Å². The molecule has 6 heteroatoms. The number of aromatic nitrogens is 2. The SMILES string of the molecule is O[C@@H](COc1cccc(CNCCCn2cccn2)c1)CN1CCc2ccccc2C1. The molecule has 0 unspecified atom stereocenters. The number of β-amino-alcohol motifs (C(OH)–C–C–N with tert-alkyl or cyclic N) is 1. The zero-order valence-electron chi connectivity index (χ0n) is 18.0. The lowest BCUT2D eigenvalue weighted by molar-refractivity contribution is 0.0637. The van der Waals surface area contributed by atoms with Gasteiger partial charge < -0.3 is 15.2 Å². The molecule has 4 rings (SSSR count). The van der Waals surface area contributed by atoms with Crippen LogP contribution >= 0.6 is 0 Å². The zero-order chi connectivity index (χ0) is 21.3. The van der Waals surface area contributed by atoms with E-state index >= 15 is 0 Å². The number of fused-ring (bicyclic) bond motifs is 1. The van der Waals surface area contributed by atoms with E-state index < -0.39 is 6.10 Å². The highest BCUT2D eigenvalue weighted by Gasteiger charge is 2.18. The first-order valence-electron chi connectivity index (χ1n) is 11.1. The number of aryl methyl sites for hydroxylation is 1. The van der Waals surface area contributed by atoms with Crippen molar-refractivity contribution in [2.24, 2.45) is 0 Å². The molecule has 1 aliphatic heterocycles. The maximum Gasteiger partial charge on any atom is 0.119 e. The number of nitrogens with zero attached hydrogens (tertiary/aromatic N) is 3. The molecule has 1 aliphatic rings. The summed E-state index contributed by atoms with van der Waals surface area (Å²) in [4.78, 5) is 2.31. The van der Waals surface area contributed by atoms with Crippen LogP contribution in [0.3, 0.4) is 0 Å². The first-order chi connectivity index (χ1) is 15.3. The minimum atomic E-state index is -0.505. The molecule has 0 bridgehead atoms. The summed E-state index contributed by atoms with van der Waals surface area (Å²) in [5.74, 6) is 0.805. The van der Waals surface area contributed by atoms with Gasteiger partial charge in [0, 0.05) is 45.1 Å². The lowest BCUT2D eigenvalue weighted by Crippen LogP contribution is -2.38. The van der Waals surface area contributed by atoms with Crippen LogP contribution in [0.4, 0.5) is 0 Å². The third kappa shape index (κ3) is 6.66. The van der Waals surface area contributed by atoms with E-state index in [1.54, 1.807) is 6.20 Å². The van der Waals surface area contributed by atoms with Crippen molar-refractivity contribution in [1.29, 1.82) is 0 Å². The highest BCUT2D eigenvalue weighted by Crippen LogP contribution is 2.19. The van der Waals surface area contributed by atoms with Crippen LogP contribution in [0.15, 0.2) is 67.0 Å². The average Bonchev–Trinajstić information content (AvgIpc) is 3.31. The maximum atomic E-state index is 10.5. The Bertz CT molecular complexity index is 929. The summed E-state index contributed by atoms with van der Waals surface area (Å²) >= 11 is 0. The molecule has 2 aromatic carbocycles. The number of hydrogen-bond donors (Lipinski definition) is 2. The van der Waals surface area contributed by atoms with E-state index in [1.807, 2.05) is 35.1 Å². The van der Waals surface area contributed by atoms with Gasteiger partial charge >= 0.3 is 0 Å². The number of ether oxygens (including phenoxy) is 1. The summed E-state index contributed by atoms with van der Waals surface area (Å²) in [6.45, 7) is 5.47. The summed E-state index contributed by atoms with van der Waals surface area (Å²) in [5, 5.41) is 18.2. The summed E-state index contributed by atoms with van der Waals surface area (Å²) in [6.07, 6.45) is 5.36. The van der Waals surface area contributed by atoms with Crippen molar-refractivity contribution in [3.05, 3.63) is 83.7 Å². The van der Waals surface area contributed by atoms with Crippen LogP contribution in [0.25, 0.3) is 0 Å². The van der Waals surface area contributed by atoms with E-state index in [2.05, 4.69) is 45.6 Å². The van der Waals surface area contributed by atoms with Gasteiger partial charge in [0.25, 0.3) is 0 Å². The molecular formula is C25H32N4O2. The van der Waals surface area contributed by atoms with Crippen LogP contribution in [-0.4, -0.2) is 52.1 Å². The largest absolute Gasteiger partial charge is 0.491 e. The third-order valence-electron chi connectivity index (χ3n) is 5.65. The number of aliphatic hydroxyl groups is 1. The van der Waals surface area contributed by atoms with E-state index in [9.17, 15) is 5.11 Å². The molecular weight excluding hydrogens is 388 g/mol. The van der Waals surface area contributed by atoms with Crippen molar-refractivity contribution < 1.29 is 9.84 Å². The third-order valence-corrected chi connectivity index (χ3v) is 5.65. The first-order valence-corrected chi connectivity index (χ1v) is 11.1. The topological polar surface area (TPSA) is 62.6 Å². The first kappa shape index (κ1) is 21.6. The molecule has 1 aromatic heterocycles. The van der Waals surface area contributed by atoms with Gasteiger partial charge in [-0.25, -0.2) is 0 Å². The van der Waals surface area contributed by atoms with Crippen molar-refractivity contribution in [3.63, 3.8) is 0 Å². The standard InChI is InChI=1S/C25H32N4O2/c30-24(19-28-15-10-22-7-1-2-8-23(22)18-28)20-31-25-9-3-6-21(16-25)17-26-11-4-13-29-14-5-12-27-29/h1-3,5-9,12,14,16,24,26,30H,4,10-11,13,15,17-20H2/t24-/m1/s1. The Morgan fingerprint density at radius 2 is 2.00 bits per heavy atom. The fourth-order valence-electron chi connectivity index (χ4n) is 4.03. The van der Waals surface area contributed by atoms with Gasteiger partial charge in [-0.2, -0.15) is 5.10 Å². The molecule has 0 radical (unpaired) electrons. The van der Waals surface area contributed by atoms with Crippen molar-refractivity contribution in [2.45, 2.75) is 38.6 Å². The maximum absolute atomic E-state index is 10.5. The molecule has 0 spiro atoms. The Hall–Kier alpha value is -2.67. The molecule has 0 amide bonds. The number of rotatable bonds is 11. The molecule has 3 aromatic rings. The fraction of sp³-hybridized carbons (Fsp3) is 0.400. The van der Waals surface area contributed by atoms with Crippen molar-refractivity contribution >= 4 is 0 Å². The molecule has 1 atom stereocenters. The van der Waals surface area contributed by atoms with E-state index in [0.29, 0.717) is 13.2 Å². The molecule has 0 aliphatic carbocycles. The van der Waals surface area contributed by atoms with Crippen LogP contribution in [-0.2, 0) is 26.1 Å². The van der Waals surface area contributed by atoms with Gasteiger partial charge in [-0.3, -0.25) is 9.58 Å². The van der Waals surface area contributed by atoms with Crippen LogP contribution in [0.5, 0.6) is 5.75 Å². The number of hydrogen-bond acceptors (Lipinski definition) is 5. The van der Waals surface area contributed by atoms with Crippen molar-refractivity contribution in [3.8, 4) is 5.75 Å². The van der Waals surface area contributed by atoms with E-state index in [4.69, 9.17) is 4.74 Å². The molecule has 0 saturated heterocycles. The van der Waals surface area contributed by atoms with Crippen molar-refractivity contribution in [2.75, 3.05) is 26.2 Å². The molecule has 2 N–H and O–H groups in total. The minimum Gasteiger partial charge on any atom is -0.491 e. The Morgan fingerprint density at radius 3 is 2.87 bits per heavy atom. The molecule has 164 valence electrons. The predicted octanol–water partition coefficient (Wildman–Crippen LogP) is 2.86. The highest BCUT2D eigenvalue weighted by molar-refractivity contribution is 5.29. The molecule has 0 saturated carbocycles. The minimum absolute atomic E-state index is 0.304. The van der Waals surface area contributed by atoms with E-state index in [0.717, 1.165) is 51.3 Å². The molecule has 31 heavy (non-hydrogen) atoms. The second-order valence-corrected chi connectivity index (χ2v) is 8.17. The van der Waals surface area contributed by atoms with E-state index in [-0.39, 0.29) is 0 Å². The van der Waals surface area contributed by atoms with Gasteiger partial charge in [-0.15, -0.1) is 0 Å². The molecule has 6 nitrogen and oxygen atoms in total. The molecule has 0 fully saturated rings. The van der Waals surface area contributed by atoms with Crippen LogP contribution in [0.2, 0.25) is 0 Å². The van der Waals surface area contributed by atoms with Gasteiger partial charge in [0.15, 0.2) is 0 Å². The second-order valence-electron chi connectivity index (χ2n) is 8.17. The number of benzene rings is 2. The summed E-state index contributed by atoms with van der Waals surface area (Å²) in [6, 6.07) is 18.6. The second kappa shape index (κ2) is 11.1. The van der Waals surface area contributed by atoms with Gasteiger partial charge in [0.2, 0.25) is 0 Å². The van der Waals surface area contributed by atoms with Crippen LogP contribution in [0.1, 0.15) is 23.1 Å². The fourth-order valence-corrected chi connectivity index (χ4v) is 4.03. The number of nitrogens with one attached hydrogen (secondary N) is 1. The predicted molar refractivity (Wildman–Crippen MR) is 122 cm³/mol. The molecule has 2 heterocycles. The van der Waals surface area contributed by atoms with Crippen LogP contribution in [0, 0.1) is 0 Å². The Kier molecular flexibility index (Phi) is 7.71. The Morgan fingerprint density at radius 1 is 1.10 bits per heavy atom. The quantitative estimate of drug-likeness (QED) is 0.467. The normalized spacial score (nSPS) is 14.9. The lowest BCUT2D eigenvalue weighted by atomic mass is 10.00. The smallest absolute Gasteiger partial charge is 0.119 e. The Labute approximate surface area is 184 Å². The summed E-state index contributed by atoms with van der Waals surface area (Å²) in [7, 11) is 0. The highest BCUT2D eigenvalue weighted by atomic mass is 16.5. The van der Waals surface area contributed by atoms with Crippen molar-refractivity contribution in [1.82, 2.24) is 20.0 Å². The van der Waals surface area contributed by atoms with Crippen LogP contribution < -0.4 is 10.1 Å². The lowest BCUT2D eigenvalue weighted by Gasteiger charge is -2.30. The van der Waals surface area contributed by atoms with Gasteiger partial charge in [-0.05, 0) is 54.3 Å². The summed E-state index contributed by atoms with van der Waals surface area (Å²) < 4.78 is 7.83. The van der Waals surface area contributed by atoms with Gasteiger partial charge in [-0.1, -0.05) is 36.4 Å². The zero-order valence-corrected chi connectivity index (χ0v) is 18.0. The number of aliphatic hydroxyl groups excluding tert-OH is 1. The average molecular weight is 421 g/mol.